The van der Waals surface area contributed by atoms with E-state index in [1.807, 2.05) is 37.2 Å². The molecule has 222 valence electrons. The van der Waals surface area contributed by atoms with Crippen molar-refractivity contribution < 1.29 is 0 Å². The van der Waals surface area contributed by atoms with Crippen molar-refractivity contribution in [1.29, 1.82) is 0 Å². The Hall–Kier alpha value is -3.97. The first-order valence-electron chi connectivity index (χ1n) is 13.6. The second-order valence-electron chi connectivity index (χ2n) is 10.8. The molecule has 0 spiro atoms. The number of hydrogen-bond acceptors (Lipinski definition) is 9. The Kier molecular flexibility index (Phi) is 10.1. The number of H-pyrrole nitrogens is 1. The Morgan fingerprint density at radius 2 is 1.56 bits per heavy atom. The zero-order valence-corrected chi connectivity index (χ0v) is 24.3. The number of hydrogen-bond donors (Lipinski definition) is 3. The first-order valence-corrected chi connectivity index (χ1v) is 13.6. The Bertz CT molecular complexity index is 1500. The van der Waals surface area contributed by atoms with Crippen molar-refractivity contribution in [2.24, 2.45) is 21.5 Å². The van der Waals surface area contributed by atoms with E-state index in [1.165, 1.54) is 5.56 Å². The Morgan fingerprint density at radius 1 is 0.927 bits per heavy atom. The van der Waals surface area contributed by atoms with Crippen LogP contribution in [0, 0.1) is 6.92 Å². The molecule has 0 bridgehead atoms. The van der Waals surface area contributed by atoms with Crippen LogP contribution in [0.3, 0.4) is 0 Å². The minimum absolute atomic E-state index is 0. The average Bonchev–Trinajstić information content (AvgIpc) is 3.62. The molecule has 2 aliphatic heterocycles. The van der Waals surface area contributed by atoms with Crippen LogP contribution >= 0.6 is 0 Å². The maximum absolute atomic E-state index is 11.4. The van der Waals surface area contributed by atoms with Crippen molar-refractivity contribution in [2.45, 2.75) is 98.9 Å². The molecular weight excluding hydrogens is 520 g/mol. The number of aromatic nitrogens is 8. The Labute approximate surface area is 240 Å². The molecule has 5 N–H and O–H groups in total. The molecule has 13 nitrogen and oxygen atoms in total. The summed E-state index contributed by atoms with van der Waals surface area (Å²) in [5.74, 6) is 2.54. The molecule has 0 radical (unpaired) electrons. The number of aryl methyl sites for hydroxylation is 1. The van der Waals surface area contributed by atoms with E-state index in [0.717, 1.165) is 30.2 Å². The lowest BCUT2D eigenvalue weighted by Crippen LogP contribution is -2.14. The number of nitrogens with one attached hydrogen (secondary N) is 1. The van der Waals surface area contributed by atoms with E-state index in [0.29, 0.717) is 29.1 Å². The number of nitrogens with two attached hydrogens (primary N) is 2. The van der Waals surface area contributed by atoms with Crippen LogP contribution in [0.1, 0.15) is 109 Å². The summed E-state index contributed by atoms with van der Waals surface area (Å²) in [4.78, 5) is 31.2. The summed E-state index contributed by atoms with van der Waals surface area (Å²) in [6.45, 7) is 14.2. The highest BCUT2D eigenvalue weighted by Gasteiger charge is 2.20. The van der Waals surface area contributed by atoms with E-state index in [1.54, 1.807) is 11.6 Å². The van der Waals surface area contributed by atoms with Gasteiger partial charge in [0.1, 0.15) is 17.3 Å². The van der Waals surface area contributed by atoms with Gasteiger partial charge < -0.3 is 25.6 Å². The van der Waals surface area contributed by atoms with E-state index < -0.39 is 0 Å². The maximum atomic E-state index is 11.4. The van der Waals surface area contributed by atoms with Gasteiger partial charge >= 0.3 is 0 Å². The molecule has 0 saturated heterocycles. The van der Waals surface area contributed by atoms with E-state index in [4.69, 9.17) is 11.5 Å². The molecule has 13 heteroatoms. The van der Waals surface area contributed by atoms with Gasteiger partial charge in [0.2, 0.25) is 0 Å². The first kappa shape index (κ1) is 31.6. The van der Waals surface area contributed by atoms with E-state index in [2.05, 4.69) is 79.8 Å². The zero-order valence-electron chi connectivity index (χ0n) is 24.3. The number of aromatic amines is 1. The van der Waals surface area contributed by atoms with E-state index in [9.17, 15) is 4.79 Å². The highest BCUT2D eigenvalue weighted by molar-refractivity contribution is 5.69. The van der Waals surface area contributed by atoms with Gasteiger partial charge in [-0.25, -0.2) is 24.6 Å². The summed E-state index contributed by atoms with van der Waals surface area (Å²) < 4.78 is 5.84. The summed E-state index contributed by atoms with van der Waals surface area (Å²) in [6, 6.07) is 3.22. The zero-order chi connectivity index (χ0) is 29.1. The molecule has 0 fully saturated rings. The fourth-order valence-corrected chi connectivity index (χ4v) is 4.49. The Balaban J connectivity index is 0.000000167. The van der Waals surface area contributed by atoms with Crippen LogP contribution in [0.4, 0.5) is 11.6 Å². The summed E-state index contributed by atoms with van der Waals surface area (Å²) >= 11 is 0. The van der Waals surface area contributed by atoms with Crippen molar-refractivity contribution in [3.63, 3.8) is 0 Å². The van der Waals surface area contributed by atoms with Crippen LogP contribution in [0.2, 0.25) is 0 Å². The summed E-state index contributed by atoms with van der Waals surface area (Å²) in [7, 11) is 0. The highest BCUT2D eigenvalue weighted by atomic mass is 16.1. The minimum Gasteiger partial charge on any atom is -0.330 e. The fraction of sp³-hybridized carbons (Fsp3) is 0.536. The van der Waals surface area contributed by atoms with Gasteiger partial charge in [0, 0.05) is 55.2 Å². The number of nitrogens with zero attached hydrogens (tertiary/aromatic N) is 9. The van der Waals surface area contributed by atoms with Crippen molar-refractivity contribution >= 4 is 35.2 Å². The lowest BCUT2D eigenvalue weighted by molar-refractivity contribution is 0.526. The molecule has 0 aliphatic carbocycles. The van der Waals surface area contributed by atoms with Gasteiger partial charge in [-0.1, -0.05) is 12.6 Å². The lowest BCUT2D eigenvalue weighted by atomic mass is 10.1. The third-order valence-corrected chi connectivity index (χ3v) is 6.66. The number of fused-ring (bicyclic) bond motifs is 3. The standard InChI is InChI=1S/C10H15N3.C9H14N4.C8H11N5O.CH4/c1-7(2)13-6-4-8-9(11)3-5-12-10(8)13;1-6(2)13-5-12-8-7(10)3-4-11-9(8)13;1-4(2)13-7-6(11-12-13)8(14)10-5(3)9-7;/h4-7,9H,3,11H2,1-2H3;4-7H,3,10H2,1-2H3;4H,1-3H3,(H,9,10,14);1H4. The number of rotatable bonds is 3. The van der Waals surface area contributed by atoms with Gasteiger partial charge in [0.15, 0.2) is 17.0 Å². The molecule has 2 aliphatic rings. The van der Waals surface area contributed by atoms with Crippen molar-refractivity contribution in [1.82, 2.24) is 39.1 Å². The first-order chi connectivity index (χ1) is 19.0. The average molecular weight is 565 g/mol. The molecule has 0 amide bonds. The molecule has 0 saturated carbocycles. The predicted octanol–water partition coefficient (Wildman–Crippen LogP) is 4.78. The molecule has 41 heavy (non-hydrogen) atoms. The van der Waals surface area contributed by atoms with Crippen LogP contribution in [-0.4, -0.2) is 51.5 Å². The second kappa shape index (κ2) is 13.1. The van der Waals surface area contributed by atoms with E-state index in [-0.39, 0.29) is 31.1 Å². The van der Waals surface area contributed by atoms with Gasteiger partial charge in [0.05, 0.1) is 18.4 Å². The van der Waals surface area contributed by atoms with Gasteiger partial charge in [-0.2, -0.15) is 0 Å². The molecule has 6 rings (SSSR count). The van der Waals surface area contributed by atoms with Crippen molar-refractivity contribution in [3.8, 4) is 0 Å². The maximum Gasteiger partial charge on any atom is 0.281 e. The molecule has 6 heterocycles. The monoisotopic (exact) mass is 564 g/mol. The smallest absolute Gasteiger partial charge is 0.281 e. The fourth-order valence-electron chi connectivity index (χ4n) is 4.49. The van der Waals surface area contributed by atoms with Crippen LogP contribution in [0.5, 0.6) is 0 Å². The summed E-state index contributed by atoms with van der Waals surface area (Å²) in [5, 5.41) is 7.67. The number of aliphatic imine (C=N–C) groups is 2. The molecule has 0 aromatic carbocycles. The molecular formula is C28H44N12O. The summed E-state index contributed by atoms with van der Waals surface area (Å²) in [5.41, 5.74) is 14.6. The van der Waals surface area contributed by atoms with Gasteiger partial charge in [0.25, 0.3) is 5.56 Å². The van der Waals surface area contributed by atoms with Crippen molar-refractivity contribution in [3.05, 3.63) is 46.0 Å². The van der Waals surface area contributed by atoms with Crippen molar-refractivity contribution in [2.75, 3.05) is 0 Å². The Morgan fingerprint density at radius 3 is 2.20 bits per heavy atom. The molecule has 4 aromatic rings. The SMILES string of the molecule is C.CC(C)n1ccc2c1N=CCC2N.CC(C)n1cnc2c1N=CCC2N.Cc1nc2c(nnn2C(C)C)c(=O)[nH]1. The molecule has 4 aromatic heterocycles. The van der Waals surface area contributed by atoms with Crippen LogP contribution < -0.4 is 17.0 Å². The van der Waals surface area contributed by atoms with E-state index >= 15 is 0 Å². The topological polar surface area (TPSA) is 176 Å². The van der Waals surface area contributed by atoms with Gasteiger partial charge in [-0.05, 0) is 54.5 Å². The molecule has 2 unspecified atom stereocenters. The van der Waals surface area contributed by atoms with Crippen LogP contribution in [-0.2, 0) is 0 Å². The summed E-state index contributed by atoms with van der Waals surface area (Å²) in [6.07, 6.45) is 9.31. The largest absolute Gasteiger partial charge is 0.330 e. The van der Waals surface area contributed by atoms with Crippen LogP contribution in [0.15, 0.2) is 33.4 Å². The predicted molar refractivity (Wildman–Crippen MR) is 165 cm³/mol. The quantitative estimate of drug-likeness (QED) is 0.320. The third kappa shape index (κ3) is 6.68. The third-order valence-electron chi connectivity index (χ3n) is 6.66. The number of imidazole rings is 1. The van der Waals surface area contributed by atoms with Gasteiger partial charge in [-0.15, -0.1) is 5.10 Å². The van der Waals surface area contributed by atoms with Gasteiger partial charge in [-0.3, -0.25) is 4.79 Å². The van der Waals surface area contributed by atoms with Crippen LogP contribution in [0.25, 0.3) is 11.2 Å². The second-order valence-corrected chi connectivity index (χ2v) is 10.8. The minimum atomic E-state index is -0.237. The normalized spacial score (nSPS) is 17.1. The molecule has 2 atom stereocenters. The highest BCUT2D eigenvalue weighted by Crippen LogP contribution is 2.33. The lowest BCUT2D eigenvalue weighted by Gasteiger charge is -2.16.